The summed E-state index contributed by atoms with van der Waals surface area (Å²) in [6, 6.07) is 8.24. The lowest BCUT2D eigenvalue weighted by Crippen LogP contribution is -2.17. The highest BCUT2D eigenvalue weighted by molar-refractivity contribution is 8.01. The number of amides is 2. The normalized spacial score (nSPS) is 14.4. The quantitative estimate of drug-likeness (QED) is 0.103. The molecule has 2 amide bonds. The summed E-state index contributed by atoms with van der Waals surface area (Å²) in [6.07, 6.45) is 2.96. The number of alkyl halides is 3. The van der Waals surface area contributed by atoms with E-state index >= 15 is 0 Å². The van der Waals surface area contributed by atoms with Crippen LogP contribution >= 0.6 is 23.9 Å². The Labute approximate surface area is 271 Å². The Morgan fingerprint density at radius 3 is 1.73 bits per heavy atom. The van der Waals surface area contributed by atoms with E-state index < -0.39 is 29.7 Å². The van der Waals surface area contributed by atoms with Gasteiger partial charge in [-0.25, -0.2) is 4.39 Å². The molecule has 0 unspecified atom stereocenters. The average molecular weight is 676 g/mol. The van der Waals surface area contributed by atoms with Crippen LogP contribution in [0, 0.1) is 17.7 Å². The summed E-state index contributed by atoms with van der Waals surface area (Å²) in [5, 5.41) is 15.2. The van der Waals surface area contributed by atoms with Gasteiger partial charge in [-0.15, -0.1) is 0 Å². The van der Waals surface area contributed by atoms with Crippen LogP contribution in [0.3, 0.4) is 0 Å². The number of hydrogen-bond acceptors (Lipinski definition) is 9. The van der Waals surface area contributed by atoms with Crippen LogP contribution in [0.15, 0.2) is 63.8 Å². The number of benzene rings is 1. The molecule has 10 N–H and O–H groups in total. The molecule has 0 spiro atoms. The smallest absolute Gasteiger partial charge is 0.401 e. The zero-order valence-electron chi connectivity index (χ0n) is 26.0. The Morgan fingerprint density at radius 2 is 1.36 bits per heavy atom. The fourth-order valence-electron chi connectivity index (χ4n) is 3.30. The summed E-state index contributed by atoms with van der Waals surface area (Å²) in [7, 11) is 0. The van der Waals surface area contributed by atoms with E-state index in [1.54, 1.807) is 6.20 Å². The third-order valence-electron chi connectivity index (χ3n) is 6.08. The molecule has 1 aromatic carbocycles. The minimum atomic E-state index is -4.62. The van der Waals surface area contributed by atoms with E-state index in [2.05, 4.69) is 10.3 Å². The van der Waals surface area contributed by atoms with Gasteiger partial charge >= 0.3 is 6.18 Å². The monoisotopic (exact) mass is 675 g/mol. The first kappa shape index (κ1) is 41.7. The molecule has 2 aliphatic rings. The molecule has 4 rings (SSSR count). The minimum Gasteiger partial charge on any atom is -0.401 e. The second-order valence-corrected chi connectivity index (χ2v) is 11.1. The average Bonchev–Trinajstić information content (AvgIpc) is 3.97. The number of carbonyl (C=O) groups is 2. The van der Waals surface area contributed by atoms with Crippen LogP contribution in [-0.4, -0.2) is 17.8 Å². The molecule has 2 saturated carbocycles. The molecule has 1 aromatic heterocycles. The van der Waals surface area contributed by atoms with Gasteiger partial charge in [-0.3, -0.25) is 24.9 Å². The third-order valence-corrected chi connectivity index (χ3v) is 7.26. The standard InChI is InChI=1S/C9H7F4NO.C7H8N2O.2C6H12N2S.C2H6/c10-8-3-1-2-7(9(11,12)13)6(8)4-14-5-15;10-6-8-5-7-3-1-2-4-9-7;2*1-4(9-8)6(7)5-2-3-5;1-2/h1-3,5H,4H2,(H,14,15);1-4,6H,5H2,(H,8,10);2*5H,2-3,7-8H2,1H3;1-2H3/b;;2*6-4-;. The number of nitrogens with zero attached hydrogens (tertiary/aromatic N) is 1. The van der Waals surface area contributed by atoms with Crippen molar-refractivity contribution in [3.05, 3.63) is 86.4 Å². The third kappa shape index (κ3) is 17.7. The van der Waals surface area contributed by atoms with E-state index in [4.69, 9.17) is 21.7 Å². The summed E-state index contributed by atoms with van der Waals surface area (Å²) in [4.78, 5) is 25.9. The van der Waals surface area contributed by atoms with Crippen LogP contribution in [0.2, 0.25) is 0 Å². The van der Waals surface area contributed by atoms with E-state index in [-0.39, 0.29) is 6.41 Å². The Morgan fingerprint density at radius 1 is 0.867 bits per heavy atom. The number of nitrogens with one attached hydrogen (secondary N) is 2. The van der Waals surface area contributed by atoms with Crippen molar-refractivity contribution in [3.63, 3.8) is 0 Å². The van der Waals surface area contributed by atoms with Crippen molar-refractivity contribution < 1.29 is 27.2 Å². The Balaban J connectivity index is 0.000000576. The molecule has 9 nitrogen and oxygen atoms in total. The van der Waals surface area contributed by atoms with Gasteiger partial charge in [0.15, 0.2) is 0 Å². The van der Waals surface area contributed by atoms with Crippen molar-refractivity contribution in [2.24, 2.45) is 33.6 Å². The Hall–Kier alpha value is -3.27. The van der Waals surface area contributed by atoms with Gasteiger partial charge in [-0.05, 0) is 75.6 Å². The van der Waals surface area contributed by atoms with Crippen molar-refractivity contribution in [2.75, 3.05) is 0 Å². The summed E-state index contributed by atoms with van der Waals surface area (Å²) < 4.78 is 50.2. The number of nitrogens with two attached hydrogens (primary N) is 4. The van der Waals surface area contributed by atoms with Gasteiger partial charge in [0.05, 0.1) is 17.8 Å². The van der Waals surface area contributed by atoms with Gasteiger partial charge in [0.2, 0.25) is 12.8 Å². The zero-order chi connectivity index (χ0) is 34.4. The molecule has 2 aromatic rings. The number of rotatable bonds is 10. The molecule has 0 aliphatic heterocycles. The van der Waals surface area contributed by atoms with Crippen molar-refractivity contribution in [2.45, 2.75) is 72.6 Å². The van der Waals surface area contributed by atoms with Gasteiger partial charge in [0.25, 0.3) is 0 Å². The first-order valence-electron chi connectivity index (χ1n) is 14.2. The lowest BCUT2D eigenvalue weighted by Gasteiger charge is -2.12. The largest absolute Gasteiger partial charge is 0.416 e. The number of hydrogen-bond donors (Lipinski definition) is 6. The minimum absolute atomic E-state index is 0.215. The van der Waals surface area contributed by atoms with E-state index in [0.29, 0.717) is 24.8 Å². The highest BCUT2D eigenvalue weighted by Gasteiger charge is 2.34. The summed E-state index contributed by atoms with van der Waals surface area (Å²) in [6.45, 7) is 7.96. The predicted molar refractivity (Wildman–Crippen MR) is 176 cm³/mol. The molecule has 0 bridgehead atoms. The molecule has 2 aliphatic carbocycles. The van der Waals surface area contributed by atoms with Gasteiger partial charge in [-0.2, -0.15) is 13.2 Å². The molecule has 2 fully saturated rings. The van der Waals surface area contributed by atoms with Gasteiger partial charge < -0.3 is 22.1 Å². The first-order chi connectivity index (χ1) is 21.4. The van der Waals surface area contributed by atoms with Crippen molar-refractivity contribution in [1.29, 1.82) is 0 Å². The van der Waals surface area contributed by atoms with E-state index in [1.165, 1.54) is 49.6 Å². The number of halogens is 4. The highest BCUT2D eigenvalue weighted by Crippen LogP contribution is 2.37. The predicted octanol–water partition coefficient (Wildman–Crippen LogP) is 5.83. The van der Waals surface area contributed by atoms with Crippen LogP contribution in [0.5, 0.6) is 0 Å². The summed E-state index contributed by atoms with van der Waals surface area (Å²) >= 11 is 2.51. The van der Waals surface area contributed by atoms with E-state index in [0.717, 1.165) is 45.1 Å². The molecule has 252 valence electrons. The highest BCUT2D eigenvalue weighted by atomic mass is 32.2. The molecule has 15 heteroatoms. The van der Waals surface area contributed by atoms with E-state index in [9.17, 15) is 27.2 Å². The van der Waals surface area contributed by atoms with Crippen LogP contribution < -0.4 is 32.4 Å². The van der Waals surface area contributed by atoms with Gasteiger partial charge in [0.1, 0.15) is 5.82 Å². The lowest BCUT2D eigenvalue weighted by atomic mass is 10.1. The van der Waals surface area contributed by atoms with Crippen LogP contribution in [0.4, 0.5) is 17.6 Å². The van der Waals surface area contributed by atoms with E-state index in [1.807, 2.05) is 51.2 Å². The van der Waals surface area contributed by atoms with Crippen LogP contribution in [0.1, 0.15) is 70.2 Å². The fraction of sp³-hybridized carbons (Fsp3) is 0.433. The molecular formula is C30H45F4N7O2S2. The molecule has 0 saturated heterocycles. The molecule has 0 atom stereocenters. The molecule has 0 radical (unpaired) electrons. The van der Waals surface area contributed by atoms with Crippen molar-refractivity contribution in [3.8, 4) is 0 Å². The van der Waals surface area contributed by atoms with Gasteiger partial charge in [0, 0.05) is 39.5 Å². The molecule has 1 heterocycles. The molecular weight excluding hydrogens is 631 g/mol. The maximum absolute atomic E-state index is 13.0. The van der Waals surface area contributed by atoms with Gasteiger partial charge in [-0.1, -0.05) is 49.9 Å². The number of pyridine rings is 1. The number of aromatic nitrogens is 1. The van der Waals surface area contributed by atoms with Crippen LogP contribution in [-0.2, 0) is 28.9 Å². The van der Waals surface area contributed by atoms with Crippen molar-refractivity contribution in [1.82, 2.24) is 15.6 Å². The Bertz CT molecular complexity index is 1170. The van der Waals surface area contributed by atoms with Crippen LogP contribution in [0.25, 0.3) is 0 Å². The summed E-state index contributed by atoms with van der Waals surface area (Å²) in [5.74, 6) is 0.321. The molecule has 45 heavy (non-hydrogen) atoms. The zero-order valence-corrected chi connectivity index (χ0v) is 27.6. The number of allylic oxidation sites excluding steroid dienone is 4. The summed E-state index contributed by atoms with van der Waals surface area (Å²) in [5.41, 5.74) is 12.7. The topological polar surface area (TPSA) is 175 Å². The number of carbonyl (C=O) groups excluding carboxylic acids is 2. The lowest BCUT2D eigenvalue weighted by molar-refractivity contribution is -0.138. The second-order valence-electron chi connectivity index (χ2n) is 9.39. The second kappa shape index (κ2) is 23.1. The fourth-order valence-corrected chi connectivity index (χ4v) is 3.90. The first-order valence-corrected chi connectivity index (χ1v) is 15.9. The SMILES string of the molecule is C/C(SN)=C(/N)C1CC1.C/C(SN)=C(/N)C1CC1.CC.O=CNCc1c(F)cccc1C(F)(F)F.O=CNCc1ccccn1. The maximum Gasteiger partial charge on any atom is 0.416 e. The maximum atomic E-state index is 13.0. The Kier molecular flexibility index (Phi) is 21.4. The van der Waals surface area contributed by atoms with Crippen molar-refractivity contribution >= 4 is 36.7 Å².